The summed E-state index contributed by atoms with van der Waals surface area (Å²) in [5.74, 6) is 1.49. The Balaban J connectivity index is 2.50. The van der Waals surface area contributed by atoms with E-state index in [4.69, 9.17) is 9.47 Å². The summed E-state index contributed by atoms with van der Waals surface area (Å²) in [5, 5.41) is 0. The van der Waals surface area contributed by atoms with Crippen LogP contribution < -0.4 is 9.47 Å². The summed E-state index contributed by atoms with van der Waals surface area (Å²) in [6, 6.07) is 4.69. The van der Waals surface area contributed by atoms with Crippen LogP contribution in [-0.2, 0) is 6.04 Å². The second-order valence-electron chi connectivity index (χ2n) is 4.96. The lowest BCUT2D eigenvalue weighted by atomic mass is 10.1. The smallest absolute Gasteiger partial charge is 0.163 e. The maximum atomic E-state index is 10.8. The van der Waals surface area contributed by atoms with Gasteiger partial charge in [-0.1, -0.05) is 13.1 Å². The van der Waals surface area contributed by atoms with E-state index in [1.165, 1.54) is 0 Å². The Kier molecular flexibility index (Phi) is 2.76. The van der Waals surface area contributed by atoms with Crippen LogP contribution >= 0.6 is 0 Å². The van der Waals surface area contributed by atoms with Gasteiger partial charge in [0.1, 0.15) is 6.29 Å². The van der Waals surface area contributed by atoms with E-state index in [0.29, 0.717) is 11.3 Å². The Morgan fingerprint density at radius 3 is 2.81 bits per heavy atom. The molecular formula is C12H16O3Si. The highest BCUT2D eigenvalue weighted by molar-refractivity contribution is 6.77. The molecule has 0 atom stereocenters. The number of ether oxygens (including phenoxy) is 2. The van der Waals surface area contributed by atoms with Crippen molar-refractivity contribution >= 4 is 14.4 Å². The second kappa shape index (κ2) is 3.94. The number of hydrogen-bond donors (Lipinski definition) is 0. The van der Waals surface area contributed by atoms with E-state index < -0.39 is 8.07 Å². The van der Waals surface area contributed by atoms with Crippen LogP contribution in [-0.4, -0.2) is 27.7 Å². The molecule has 1 aromatic rings. The maximum absolute atomic E-state index is 10.8. The zero-order valence-corrected chi connectivity index (χ0v) is 10.9. The van der Waals surface area contributed by atoms with Crippen LogP contribution in [0.4, 0.5) is 0 Å². The van der Waals surface area contributed by atoms with Gasteiger partial charge in [-0.3, -0.25) is 4.79 Å². The average molecular weight is 236 g/mol. The van der Waals surface area contributed by atoms with E-state index in [1.807, 2.05) is 6.07 Å². The molecule has 0 unspecified atom stereocenters. The number of methoxy groups -OCH3 is 1. The summed E-state index contributed by atoms with van der Waals surface area (Å²) in [5.41, 5.74) is 1.77. The molecule has 0 N–H and O–H groups in total. The molecule has 1 heterocycles. The molecule has 0 radical (unpaired) electrons. The fraction of sp³-hybridized carbons (Fsp3) is 0.417. The molecule has 16 heavy (non-hydrogen) atoms. The van der Waals surface area contributed by atoms with Gasteiger partial charge in [-0.05, 0) is 23.7 Å². The summed E-state index contributed by atoms with van der Waals surface area (Å²) in [4.78, 5) is 10.8. The highest BCUT2D eigenvalue weighted by atomic mass is 28.3. The fourth-order valence-corrected chi connectivity index (χ4v) is 3.96. The largest absolute Gasteiger partial charge is 0.493 e. The van der Waals surface area contributed by atoms with Gasteiger partial charge in [0.2, 0.25) is 0 Å². The molecule has 0 bridgehead atoms. The number of carbonyl (C=O) groups is 1. The number of aldehydes is 1. The van der Waals surface area contributed by atoms with E-state index >= 15 is 0 Å². The molecule has 0 aliphatic carbocycles. The molecule has 0 aromatic heterocycles. The van der Waals surface area contributed by atoms with Gasteiger partial charge in [-0.25, -0.2) is 0 Å². The van der Waals surface area contributed by atoms with Gasteiger partial charge in [0, 0.05) is 5.56 Å². The van der Waals surface area contributed by atoms with Gasteiger partial charge >= 0.3 is 0 Å². The van der Waals surface area contributed by atoms with E-state index in [0.717, 1.165) is 29.9 Å². The third-order valence-electron chi connectivity index (χ3n) is 2.79. The minimum Gasteiger partial charge on any atom is -0.493 e. The monoisotopic (exact) mass is 236 g/mol. The molecule has 0 amide bonds. The first-order chi connectivity index (χ1) is 7.55. The third-order valence-corrected chi connectivity index (χ3v) is 5.05. The van der Waals surface area contributed by atoms with Crippen LogP contribution in [0.5, 0.6) is 11.5 Å². The minimum absolute atomic E-state index is 0.658. The van der Waals surface area contributed by atoms with Gasteiger partial charge in [0.05, 0.1) is 21.4 Å². The van der Waals surface area contributed by atoms with E-state index in [2.05, 4.69) is 13.1 Å². The van der Waals surface area contributed by atoms with Crippen molar-refractivity contribution in [3.05, 3.63) is 23.3 Å². The lowest BCUT2D eigenvalue weighted by molar-refractivity contribution is 0.112. The molecule has 4 heteroatoms. The molecule has 0 fully saturated rings. The van der Waals surface area contributed by atoms with Crippen LogP contribution in [0.2, 0.25) is 13.1 Å². The molecule has 3 nitrogen and oxygen atoms in total. The van der Waals surface area contributed by atoms with Crippen LogP contribution in [0.3, 0.4) is 0 Å². The zero-order chi connectivity index (χ0) is 11.8. The van der Waals surface area contributed by atoms with Crippen LogP contribution in [0.25, 0.3) is 0 Å². The standard InChI is InChI=1S/C12H16O3Si/c1-14-11-5-9(6-13)4-10-7-16(2,3)8-15-12(10)11/h4-6H,7-8H2,1-3H3. The lowest BCUT2D eigenvalue weighted by Crippen LogP contribution is -2.41. The number of fused-ring (bicyclic) bond motifs is 1. The summed E-state index contributed by atoms with van der Waals surface area (Å²) < 4.78 is 11.0. The lowest BCUT2D eigenvalue weighted by Gasteiger charge is -2.30. The quantitative estimate of drug-likeness (QED) is 0.583. The third kappa shape index (κ3) is 1.97. The van der Waals surface area contributed by atoms with Crippen LogP contribution in [0.1, 0.15) is 15.9 Å². The highest BCUT2D eigenvalue weighted by Crippen LogP contribution is 2.37. The van der Waals surface area contributed by atoms with Crippen molar-refractivity contribution in [1.29, 1.82) is 0 Å². The van der Waals surface area contributed by atoms with Crippen molar-refractivity contribution in [3.63, 3.8) is 0 Å². The minimum atomic E-state index is -1.31. The highest BCUT2D eigenvalue weighted by Gasteiger charge is 2.30. The second-order valence-corrected chi connectivity index (χ2v) is 9.93. The number of hydrogen-bond acceptors (Lipinski definition) is 3. The zero-order valence-electron chi connectivity index (χ0n) is 9.87. The van der Waals surface area contributed by atoms with Gasteiger partial charge in [-0.15, -0.1) is 0 Å². The SMILES string of the molecule is COc1cc(C=O)cc2c1OC[Si](C)(C)C2. The number of benzene rings is 1. The van der Waals surface area contributed by atoms with Crippen LogP contribution in [0.15, 0.2) is 12.1 Å². The Hall–Kier alpha value is -1.29. The van der Waals surface area contributed by atoms with E-state index in [1.54, 1.807) is 13.2 Å². The van der Waals surface area contributed by atoms with Gasteiger partial charge in [-0.2, -0.15) is 0 Å². The van der Waals surface area contributed by atoms with Gasteiger partial charge < -0.3 is 9.47 Å². The first-order valence-electron chi connectivity index (χ1n) is 5.34. The molecule has 1 aliphatic heterocycles. The summed E-state index contributed by atoms with van der Waals surface area (Å²) >= 11 is 0. The Morgan fingerprint density at radius 2 is 2.19 bits per heavy atom. The maximum Gasteiger partial charge on any atom is 0.163 e. The van der Waals surface area contributed by atoms with Gasteiger partial charge in [0.25, 0.3) is 0 Å². The van der Waals surface area contributed by atoms with Crippen molar-refractivity contribution < 1.29 is 14.3 Å². The molecular weight excluding hydrogens is 220 g/mol. The molecule has 1 aliphatic rings. The van der Waals surface area contributed by atoms with Crippen molar-refractivity contribution in [2.75, 3.05) is 13.3 Å². The van der Waals surface area contributed by atoms with Crippen molar-refractivity contribution in [3.8, 4) is 11.5 Å². The molecule has 0 saturated carbocycles. The first kappa shape index (κ1) is 11.2. The molecule has 86 valence electrons. The first-order valence-corrected chi connectivity index (χ1v) is 8.76. The van der Waals surface area contributed by atoms with Crippen molar-refractivity contribution in [1.82, 2.24) is 0 Å². The predicted molar refractivity (Wildman–Crippen MR) is 65.1 cm³/mol. The predicted octanol–water partition coefficient (Wildman–Crippen LogP) is 2.23. The Bertz CT molecular complexity index is 427. The van der Waals surface area contributed by atoms with Gasteiger partial charge in [0.15, 0.2) is 11.5 Å². The normalized spacial score (nSPS) is 17.2. The van der Waals surface area contributed by atoms with E-state index in [-0.39, 0.29) is 0 Å². The topological polar surface area (TPSA) is 35.5 Å². The number of rotatable bonds is 2. The summed E-state index contributed by atoms with van der Waals surface area (Å²) in [6.07, 6.45) is 1.67. The Morgan fingerprint density at radius 1 is 1.44 bits per heavy atom. The molecule has 1 aromatic carbocycles. The molecule has 0 saturated heterocycles. The Labute approximate surface area is 96.4 Å². The average Bonchev–Trinajstić information content (AvgIpc) is 2.25. The van der Waals surface area contributed by atoms with E-state index in [9.17, 15) is 4.79 Å². The summed E-state index contributed by atoms with van der Waals surface area (Å²) in [7, 11) is 0.295. The summed E-state index contributed by atoms with van der Waals surface area (Å²) in [6.45, 7) is 4.58. The van der Waals surface area contributed by atoms with Crippen molar-refractivity contribution in [2.24, 2.45) is 0 Å². The number of carbonyl (C=O) groups excluding carboxylic acids is 1. The molecule has 2 rings (SSSR count). The fourth-order valence-electron chi connectivity index (χ4n) is 2.03. The van der Waals surface area contributed by atoms with Crippen molar-refractivity contribution in [2.45, 2.75) is 19.1 Å². The molecule has 0 spiro atoms. The van der Waals surface area contributed by atoms with Crippen LogP contribution in [0, 0.1) is 0 Å².